The Morgan fingerprint density at radius 1 is 1.10 bits per heavy atom. The molecule has 0 bridgehead atoms. The van der Waals surface area contributed by atoms with Crippen LogP contribution in [0.4, 0.5) is 5.69 Å². The quantitative estimate of drug-likeness (QED) is 0.386. The summed E-state index contributed by atoms with van der Waals surface area (Å²) in [6, 6.07) is 13.3. The molecule has 0 saturated carbocycles. The number of benzene rings is 2. The van der Waals surface area contributed by atoms with Crippen LogP contribution in [0.3, 0.4) is 0 Å². The molecule has 31 heavy (non-hydrogen) atoms. The summed E-state index contributed by atoms with van der Waals surface area (Å²) in [5, 5.41) is 10.5. The van der Waals surface area contributed by atoms with E-state index in [9.17, 15) is 13.5 Å². The maximum absolute atomic E-state index is 12.7. The first-order valence-electron chi connectivity index (χ1n) is 10.4. The van der Waals surface area contributed by atoms with E-state index in [2.05, 4.69) is 0 Å². The zero-order valence-electron chi connectivity index (χ0n) is 17.6. The van der Waals surface area contributed by atoms with Crippen LogP contribution in [0.1, 0.15) is 47.6 Å². The third-order valence-electron chi connectivity index (χ3n) is 5.56. The van der Waals surface area contributed by atoms with Gasteiger partial charge in [0, 0.05) is 6.54 Å². The van der Waals surface area contributed by atoms with Gasteiger partial charge >= 0.3 is 8.60 Å². The monoisotopic (exact) mass is 467 g/mol. The van der Waals surface area contributed by atoms with Gasteiger partial charge in [0.05, 0.1) is 24.7 Å². The van der Waals surface area contributed by atoms with E-state index >= 15 is 0 Å². The molecule has 3 rings (SSSR count). The van der Waals surface area contributed by atoms with E-state index in [0.717, 1.165) is 41.5 Å². The molecule has 9 heteroatoms. The molecule has 2 aromatic rings. The van der Waals surface area contributed by atoms with Gasteiger partial charge in [-0.25, -0.2) is 8.42 Å². The summed E-state index contributed by atoms with van der Waals surface area (Å²) in [7, 11) is -5.87. The summed E-state index contributed by atoms with van der Waals surface area (Å²) in [6.07, 6.45) is 5.01. The molecule has 0 amide bonds. The fraction of sp³-hybridized carbons (Fsp3) is 0.455. The molecular formula is C22H30NO6PS. The second kappa shape index (κ2) is 10.9. The van der Waals surface area contributed by atoms with E-state index in [0.29, 0.717) is 31.5 Å². The number of hydrogen-bond acceptors (Lipinski definition) is 6. The molecule has 0 fully saturated rings. The molecule has 2 aromatic carbocycles. The van der Waals surface area contributed by atoms with E-state index in [1.54, 1.807) is 0 Å². The lowest BCUT2D eigenvalue weighted by Crippen LogP contribution is -2.33. The van der Waals surface area contributed by atoms with Gasteiger partial charge in [-0.1, -0.05) is 42.8 Å². The molecule has 0 aromatic heterocycles. The summed E-state index contributed by atoms with van der Waals surface area (Å²) < 4.78 is 31.6. The molecule has 1 aliphatic carbocycles. The van der Waals surface area contributed by atoms with Crippen LogP contribution in [-0.4, -0.2) is 42.7 Å². The molecule has 1 unspecified atom stereocenters. The SMILES string of the molecule is CS(=O)(=O)N(CCc1cccc(CCOP(O)O)c1)c1cccc2c1CCCCC2O. The highest BCUT2D eigenvalue weighted by Gasteiger charge is 2.25. The summed E-state index contributed by atoms with van der Waals surface area (Å²) in [5.41, 5.74) is 4.39. The van der Waals surface area contributed by atoms with Crippen molar-refractivity contribution in [2.75, 3.05) is 23.7 Å². The van der Waals surface area contributed by atoms with Crippen molar-refractivity contribution in [1.29, 1.82) is 0 Å². The minimum atomic E-state index is -3.51. The van der Waals surface area contributed by atoms with Crippen LogP contribution < -0.4 is 4.31 Å². The van der Waals surface area contributed by atoms with Gasteiger partial charge in [-0.3, -0.25) is 4.31 Å². The standard InChI is InChI=1S/C22H30NO6PS/c1-31(27,28)23(21-10-5-9-20-19(21)8-2-3-11-22(20)24)14-12-17-6-4-7-18(16-17)13-15-29-30(25)26/h4-7,9-10,16,22,24-26H,2-3,8,11-15H2,1H3. The summed E-state index contributed by atoms with van der Waals surface area (Å²) >= 11 is 0. The average molecular weight is 468 g/mol. The summed E-state index contributed by atoms with van der Waals surface area (Å²) in [4.78, 5) is 17.7. The number of aliphatic hydroxyl groups excluding tert-OH is 1. The third-order valence-corrected chi connectivity index (χ3v) is 7.16. The Morgan fingerprint density at radius 2 is 1.81 bits per heavy atom. The summed E-state index contributed by atoms with van der Waals surface area (Å²) in [6.45, 7) is 0.500. The molecule has 170 valence electrons. The van der Waals surface area contributed by atoms with Crippen LogP contribution in [0.5, 0.6) is 0 Å². The lowest BCUT2D eigenvalue weighted by atomic mass is 9.99. The van der Waals surface area contributed by atoms with E-state index in [1.807, 2.05) is 42.5 Å². The molecule has 0 heterocycles. The molecule has 1 atom stereocenters. The largest absolute Gasteiger partial charge is 0.388 e. The van der Waals surface area contributed by atoms with Gasteiger partial charge < -0.3 is 19.4 Å². The minimum absolute atomic E-state index is 0.204. The molecule has 0 radical (unpaired) electrons. The summed E-state index contributed by atoms with van der Waals surface area (Å²) in [5.74, 6) is 0. The maximum atomic E-state index is 12.7. The van der Waals surface area contributed by atoms with Crippen LogP contribution in [-0.2, 0) is 33.8 Å². The molecule has 1 aliphatic rings. The van der Waals surface area contributed by atoms with Crippen LogP contribution in [0, 0.1) is 0 Å². The highest BCUT2D eigenvalue weighted by Crippen LogP contribution is 2.35. The van der Waals surface area contributed by atoms with Crippen molar-refractivity contribution in [2.24, 2.45) is 0 Å². The van der Waals surface area contributed by atoms with Crippen molar-refractivity contribution < 1.29 is 27.8 Å². The van der Waals surface area contributed by atoms with Gasteiger partial charge in [0.1, 0.15) is 0 Å². The van der Waals surface area contributed by atoms with E-state index in [4.69, 9.17) is 14.3 Å². The van der Waals surface area contributed by atoms with Crippen LogP contribution in [0.25, 0.3) is 0 Å². The lowest BCUT2D eigenvalue weighted by molar-refractivity contribution is 0.166. The second-order valence-corrected chi connectivity index (χ2v) is 10.5. The van der Waals surface area contributed by atoms with Crippen LogP contribution in [0.2, 0.25) is 0 Å². The number of hydrogen-bond donors (Lipinski definition) is 3. The predicted molar refractivity (Wildman–Crippen MR) is 122 cm³/mol. The molecule has 3 N–H and O–H groups in total. The smallest absolute Gasteiger partial charge is 0.327 e. The topological polar surface area (TPSA) is 107 Å². The Kier molecular flexibility index (Phi) is 8.44. The number of rotatable bonds is 9. The number of aliphatic hydroxyl groups is 1. The van der Waals surface area contributed by atoms with Crippen LogP contribution in [0.15, 0.2) is 42.5 Å². The van der Waals surface area contributed by atoms with Gasteiger partial charge in [-0.05, 0) is 60.4 Å². The Balaban J connectivity index is 1.80. The normalized spacial score (nSPS) is 16.7. The van der Waals surface area contributed by atoms with Crippen molar-refractivity contribution in [3.05, 3.63) is 64.7 Å². The molecule has 7 nitrogen and oxygen atoms in total. The minimum Gasteiger partial charge on any atom is -0.388 e. The van der Waals surface area contributed by atoms with Gasteiger partial charge in [-0.2, -0.15) is 0 Å². The molecular weight excluding hydrogens is 437 g/mol. The second-order valence-electron chi connectivity index (χ2n) is 7.85. The first kappa shape index (κ1) is 24.1. The third kappa shape index (κ3) is 6.72. The molecule has 0 saturated heterocycles. The number of fused-ring (bicyclic) bond motifs is 1. The first-order chi connectivity index (χ1) is 14.8. The van der Waals surface area contributed by atoms with Gasteiger partial charge in [0.15, 0.2) is 0 Å². The Labute approximate surface area is 185 Å². The highest BCUT2D eigenvalue weighted by molar-refractivity contribution is 7.92. The van der Waals surface area contributed by atoms with Crippen molar-refractivity contribution in [2.45, 2.75) is 44.6 Å². The van der Waals surface area contributed by atoms with E-state index in [-0.39, 0.29) is 6.61 Å². The number of anilines is 1. The number of sulfonamides is 1. The van der Waals surface area contributed by atoms with E-state index in [1.165, 1.54) is 10.6 Å². The number of nitrogens with zero attached hydrogens (tertiary/aromatic N) is 1. The lowest BCUT2D eigenvalue weighted by Gasteiger charge is -2.27. The fourth-order valence-electron chi connectivity index (χ4n) is 4.09. The Morgan fingerprint density at radius 3 is 2.52 bits per heavy atom. The van der Waals surface area contributed by atoms with Crippen molar-refractivity contribution in [3.63, 3.8) is 0 Å². The van der Waals surface area contributed by atoms with Crippen LogP contribution >= 0.6 is 8.60 Å². The van der Waals surface area contributed by atoms with Gasteiger partial charge in [0.2, 0.25) is 10.0 Å². The van der Waals surface area contributed by atoms with Crippen molar-refractivity contribution in [3.8, 4) is 0 Å². The fourth-order valence-corrected chi connectivity index (χ4v) is 5.29. The highest BCUT2D eigenvalue weighted by atomic mass is 32.2. The van der Waals surface area contributed by atoms with Crippen molar-refractivity contribution in [1.82, 2.24) is 0 Å². The molecule has 0 aliphatic heterocycles. The average Bonchev–Trinajstić information content (AvgIpc) is 2.89. The maximum Gasteiger partial charge on any atom is 0.327 e. The predicted octanol–water partition coefficient (Wildman–Crippen LogP) is 3.23. The Hall–Kier alpha value is -1.54. The van der Waals surface area contributed by atoms with E-state index < -0.39 is 24.7 Å². The van der Waals surface area contributed by atoms with Crippen molar-refractivity contribution >= 4 is 24.3 Å². The zero-order chi connectivity index (χ0) is 22.4. The first-order valence-corrected chi connectivity index (χ1v) is 13.4. The Bertz CT molecular complexity index is 982. The molecule has 0 spiro atoms. The zero-order valence-corrected chi connectivity index (χ0v) is 19.4. The van der Waals surface area contributed by atoms with Gasteiger partial charge in [-0.15, -0.1) is 0 Å². The van der Waals surface area contributed by atoms with Gasteiger partial charge in [0.25, 0.3) is 0 Å².